The largest absolute Gasteiger partial charge is 0.491 e. The molecule has 2 aromatic carbocycles. The average molecular weight is 472 g/mol. The van der Waals surface area contributed by atoms with Gasteiger partial charge in [-0.15, -0.1) is 0 Å². The zero-order valence-electron chi connectivity index (χ0n) is 19.1. The van der Waals surface area contributed by atoms with E-state index in [0.29, 0.717) is 48.9 Å². The number of carbonyl (C=O) groups excluding carboxylic acids is 2. The van der Waals surface area contributed by atoms with Gasteiger partial charge in [-0.2, -0.15) is 0 Å². The number of methoxy groups -OCH3 is 1. The van der Waals surface area contributed by atoms with Crippen molar-refractivity contribution in [3.05, 3.63) is 53.6 Å². The number of nitrogens with one attached hydrogen (secondary N) is 2. The van der Waals surface area contributed by atoms with Crippen molar-refractivity contribution in [1.29, 1.82) is 0 Å². The Kier molecular flexibility index (Phi) is 8.62. The van der Waals surface area contributed by atoms with Crippen molar-refractivity contribution >= 4 is 40.6 Å². The third-order valence-corrected chi connectivity index (χ3v) is 5.46. The molecule has 3 rings (SSSR count). The molecular formula is C24H29N3O5S. The molecule has 33 heavy (non-hydrogen) atoms. The first-order valence-electron chi connectivity index (χ1n) is 10.9. The molecule has 1 amide bonds. The molecule has 1 aliphatic heterocycles. The summed E-state index contributed by atoms with van der Waals surface area (Å²) in [5.41, 5.74) is 2.25. The monoisotopic (exact) mass is 471 g/mol. The minimum atomic E-state index is -0.459. The highest BCUT2D eigenvalue weighted by atomic mass is 32.1. The summed E-state index contributed by atoms with van der Waals surface area (Å²) in [6, 6.07) is 12.1. The maximum Gasteiger partial charge on any atom is 0.337 e. The maximum atomic E-state index is 12.8. The van der Waals surface area contributed by atoms with Gasteiger partial charge in [0.15, 0.2) is 5.11 Å². The fourth-order valence-electron chi connectivity index (χ4n) is 3.32. The summed E-state index contributed by atoms with van der Waals surface area (Å²) in [5, 5.41) is 5.88. The number of rotatable bonds is 7. The molecule has 176 valence electrons. The van der Waals surface area contributed by atoms with Crippen LogP contribution in [0.4, 0.5) is 11.4 Å². The van der Waals surface area contributed by atoms with E-state index < -0.39 is 5.97 Å². The standard InChI is InChI=1S/C24H29N3O5S/c1-4-16(2)32-19-7-5-6-17(14-19)22(28)26-24(33)25-20-15-18(23(29)30-3)8-9-21(20)27-10-12-31-13-11-27/h5-9,14-16H,4,10-13H2,1-3H3,(H2,25,26,28,33). The van der Waals surface area contributed by atoms with Gasteiger partial charge >= 0.3 is 5.97 Å². The summed E-state index contributed by atoms with van der Waals surface area (Å²) in [7, 11) is 1.33. The molecule has 0 aliphatic carbocycles. The highest BCUT2D eigenvalue weighted by Crippen LogP contribution is 2.28. The molecule has 1 fully saturated rings. The van der Waals surface area contributed by atoms with Gasteiger partial charge in [0.05, 0.1) is 43.4 Å². The van der Waals surface area contributed by atoms with Crippen molar-refractivity contribution in [2.24, 2.45) is 0 Å². The van der Waals surface area contributed by atoms with Gasteiger partial charge in [0.1, 0.15) is 5.75 Å². The van der Waals surface area contributed by atoms with E-state index in [2.05, 4.69) is 15.5 Å². The number of amides is 1. The quantitative estimate of drug-likeness (QED) is 0.468. The Morgan fingerprint density at radius 1 is 1.15 bits per heavy atom. The van der Waals surface area contributed by atoms with Crippen molar-refractivity contribution in [2.45, 2.75) is 26.4 Å². The van der Waals surface area contributed by atoms with Crippen LogP contribution in [0.5, 0.6) is 5.75 Å². The van der Waals surface area contributed by atoms with Crippen LogP contribution in [-0.4, -0.2) is 56.5 Å². The van der Waals surface area contributed by atoms with Gasteiger partial charge < -0.3 is 24.4 Å². The first kappa shape index (κ1) is 24.5. The zero-order valence-corrected chi connectivity index (χ0v) is 19.9. The Labute approximate surface area is 199 Å². The lowest BCUT2D eigenvalue weighted by Crippen LogP contribution is -2.38. The van der Waals surface area contributed by atoms with Crippen molar-refractivity contribution in [3.8, 4) is 5.75 Å². The molecule has 1 saturated heterocycles. The van der Waals surface area contributed by atoms with Crippen LogP contribution in [0, 0.1) is 0 Å². The van der Waals surface area contributed by atoms with Gasteiger partial charge in [0.2, 0.25) is 0 Å². The second-order valence-electron chi connectivity index (χ2n) is 7.60. The molecular weight excluding hydrogens is 442 g/mol. The van der Waals surface area contributed by atoms with Gasteiger partial charge in [-0.1, -0.05) is 13.0 Å². The van der Waals surface area contributed by atoms with Crippen LogP contribution < -0.4 is 20.3 Å². The van der Waals surface area contributed by atoms with Crippen LogP contribution in [-0.2, 0) is 9.47 Å². The van der Waals surface area contributed by atoms with Crippen LogP contribution in [0.25, 0.3) is 0 Å². The summed E-state index contributed by atoms with van der Waals surface area (Å²) in [5.74, 6) is -0.199. The van der Waals surface area contributed by atoms with E-state index in [0.717, 1.165) is 12.1 Å². The first-order chi connectivity index (χ1) is 15.9. The number of hydrogen-bond donors (Lipinski definition) is 2. The van der Waals surface area contributed by atoms with E-state index in [1.165, 1.54) is 7.11 Å². The molecule has 0 saturated carbocycles. The van der Waals surface area contributed by atoms with Gasteiger partial charge in [-0.25, -0.2) is 4.79 Å². The molecule has 1 unspecified atom stereocenters. The highest BCUT2D eigenvalue weighted by Gasteiger charge is 2.19. The van der Waals surface area contributed by atoms with Crippen molar-refractivity contribution in [1.82, 2.24) is 5.32 Å². The number of nitrogens with zero attached hydrogens (tertiary/aromatic N) is 1. The Hall–Kier alpha value is -3.17. The second kappa shape index (κ2) is 11.6. The summed E-state index contributed by atoms with van der Waals surface area (Å²) in [6.45, 7) is 6.62. The molecule has 9 heteroatoms. The molecule has 1 aliphatic rings. The van der Waals surface area contributed by atoms with Gasteiger partial charge in [-0.3, -0.25) is 10.1 Å². The third-order valence-electron chi connectivity index (χ3n) is 5.25. The lowest BCUT2D eigenvalue weighted by Gasteiger charge is -2.31. The molecule has 8 nitrogen and oxygen atoms in total. The lowest BCUT2D eigenvalue weighted by molar-refractivity contribution is 0.0600. The fraction of sp³-hybridized carbons (Fsp3) is 0.375. The van der Waals surface area contributed by atoms with Crippen molar-refractivity contribution in [3.63, 3.8) is 0 Å². The van der Waals surface area contributed by atoms with Crippen LogP contribution in [0.1, 0.15) is 41.0 Å². The average Bonchev–Trinajstić information content (AvgIpc) is 2.84. The van der Waals surface area contributed by atoms with Crippen LogP contribution >= 0.6 is 12.2 Å². The molecule has 0 spiro atoms. The fourth-order valence-corrected chi connectivity index (χ4v) is 3.52. The highest BCUT2D eigenvalue weighted by molar-refractivity contribution is 7.80. The number of anilines is 2. The normalized spacial score (nSPS) is 14.2. The summed E-state index contributed by atoms with van der Waals surface area (Å²) in [4.78, 5) is 26.9. The number of morpholine rings is 1. The maximum absolute atomic E-state index is 12.8. The van der Waals surface area contributed by atoms with Crippen LogP contribution in [0.15, 0.2) is 42.5 Å². The van der Waals surface area contributed by atoms with E-state index in [1.54, 1.807) is 30.3 Å². The SMILES string of the molecule is CCC(C)Oc1cccc(C(=O)NC(=S)Nc2cc(C(=O)OC)ccc2N2CCOCC2)c1. The van der Waals surface area contributed by atoms with Gasteiger partial charge in [-0.05, 0) is 62.0 Å². The summed E-state index contributed by atoms with van der Waals surface area (Å²) < 4.78 is 16.1. The predicted molar refractivity (Wildman–Crippen MR) is 131 cm³/mol. The third kappa shape index (κ3) is 6.66. The van der Waals surface area contributed by atoms with E-state index in [9.17, 15) is 9.59 Å². The molecule has 0 aromatic heterocycles. The minimum Gasteiger partial charge on any atom is -0.491 e. The number of benzene rings is 2. The molecule has 0 radical (unpaired) electrons. The number of ether oxygens (including phenoxy) is 3. The number of thiocarbonyl (C=S) groups is 1. The Morgan fingerprint density at radius 2 is 1.91 bits per heavy atom. The lowest BCUT2D eigenvalue weighted by atomic mass is 10.1. The molecule has 2 N–H and O–H groups in total. The van der Waals surface area contributed by atoms with Crippen LogP contribution in [0.2, 0.25) is 0 Å². The van der Waals surface area contributed by atoms with Crippen LogP contribution in [0.3, 0.4) is 0 Å². The molecule has 1 heterocycles. The number of hydrogen-bond acceptors (Lipinski definition) is 7. The summed E-state index contributed by atoms with van der Waals surface area (Å²) in [6.07, 6.45) is 0.910. The minimum absolute atomic E-state index is 0.0479. The van der Waals surface area contributed by atoms with E-state index >= 15 is 0 Å². The van der Waals surface area contributed by atoms with Gasteiger partial charge in [0, 0.05) is 18.7 Å². The summed E-state index contributed by atoms with van der Waals surface area (Å²) >= 11 is 5.40. The Bertz CT molecular complexity index is 1010. The number of esters is 1. The molecule has 0 bridgehead atoms. The Balaban J connectivity index is 1.75. The molecule has 1 atom stereocenters. The van der Waals surface area contributed by atoms with Gasteiger partial charge in [0.25, 0.3) is 5.91 Å². The van der Waals surface area contributed by atoms with Crippen molar-refractivity contribution < 1.29 is 23.8 Å². The smallest absolute Gasteiger partial charge is 0.337 e. The number of carbonyl (C=O) groups is 2. The van der Waals surface area contributed by atoms with E-state index in [4.69, 9.17) is 26.4 Å². The second-order valence-corrected chi connectivity index (χ2v) is 8.00. The zero-order chi connectivity index (χ0) is 23.8. The first-order valence-corrected chi connectivity index (χ1v) is 11.3. The predicted octanol–water partition coefficient (Wildman–Crippen LogP) is 3.61. The van der Waals surface area contributed by atoms with Crippen molar-refractivity contribution in [2.75, 3.05) is 43.6 Å². The molecule has 2 aromatic rings. The van der Waals surface area contributed by atoms with E-state index in [-0.39, 0.29) is 17.1 Å². The Morgan fingerprint density at radius 3 is 2.61 bits per heavy atom. The topological polar surface area (TPSA) is 89.1 Å². The van der Waals surface area contributed by atoms with E-state index in [1.807, 2.05) is 26.0 Å².